The number of amides is 1. The minimum absolute atomic E-state index is 0.0942. The van der Waals surface area contributed by atoms with Gasteiger partial charge in [-0.25, -0.2) is 13.8 Å². The lowest BCUT2D eigenvalue weighted by molar-refractivity contribution is 0.0746. The van der Waals surface area contributed by atoms with Gasteiger partial charge in [0.25, 0.3) is 5.91 Å². The Balaban J connectivity index is 1.40. The molecule has 35 heavy (non-hydrogen) atoms. The molecule has 1 aliphatic rings. The zero-order valence-electron chi connectivity index (χ0n) is 18.6. The normalized spacial score (nSPS) is 14.1. The molecule has 9 heteroatoms. The van der Waals surface area contributed by atoms with Gasteiger partial charge in [0.15, 0.2) is 11.5 Å². The molecule has 0 aliphatic carbocycles. The molecule has 174 valence electrons. The van der Waals surface area contributed by atoms with Gasteiger partial charge in [-0.1, -0.05) is 48.0 Å². The van der Waals surface area contributed by atoms with Gasteiger partial charge in [0, 0.05) is 31.6 Å². The second kappa shape index (κ2) is 8.63. The number of aromatic nitrogens is 4. The summed E-state index contributed by atoms with van der Waals surface area (Å²) < 4.78 is 16.5. The van der Waals surface area contributed by atoms with E-state index in [0.29, 0.717) is 59.7 Å². The van der Waals surface area contributed by atoms with Gasteiger partial charge in [0.2, 0.25) is 5.95 Å². The van der Waals surface area contributed by atoms with Crippen molar-refractivity contribution >= 4 is 40.0 Å². The second-order valence-corrected chi connectivity index (χ2v) is 8.76. The average molecular weight is 487 g/mol. The van der Waals surface area contributed by atoms with E-state index in [-0.39, 0.29) is 11.7 Å². The minimum Gasteiger partial charge on any atom is -0.338 e. The van der Waals surface area contributed by atoms with E-state index in [0.717, 1.165) is 10.9 Å². The van der Waals surface area contributed by atoms with E-state index in [1.807, 2.05) is 28.7 Å². The number of nitrogens with zero attached hydrogens (tertiary/aromatic N) is 6. The molecule has 5 aromatic rings. The highest BCUT2D eigenvalue weighted by Gasteiger charge is 2.27. The van der Waals surface area contributed by atoms with E-state index < -0.39 is 0 Å². The number of benzene rings is 3. The summed E-state index contributed by atoms with van der Waals surface area (Å²) >= 11 is 6.24. The number of halogens is 2. The molecule has 0 unspecified atom stereocenters. The Morgan fingerprint density at radius 3 is 2.37 bits per heavy atom. The molecular weight excluding hydrogens is 467 g/mol. The molecule has 1 saturated heterocycles. The van der Waals surface area contributed by atoms with Crippen molar-refractivity contribution < 1.29 is 9.18 Å². The zero-order chi connectivity index (χ0) is 23.9. The molecular formula is C26H20ClFN6O. The number of para-hydroxylation sites is 1. The SMILES string of the molecule is O=C(c1ccccc1Cl)N1CCN(c2nc3ccccc3c3nnc(-c4ccccc4F)n23)CC1. The maximum atomic E-state index is 14.7. The molecule has 1 fully saturated rings. The molecule has 0 radical (unpaired) electrons. The Kier molecular flexibility index (Phi) is 5.30. The van der Waals surface area contributed by atoms with Crippen molar-refractivity contribution in [1.29, 1.82) is 0 Å². The average Bonchev–Trinajstić information content (AvgIpc) is 3.34. The largest absolute Gasteiger partial charge is 0.338 e. The van der Waals surface area contributed by atoms with Crippen molar-refractivity contribution in [3.8, 4) is 11.4 Å². The molecule has 0 spiro atoms. The predicted octanol–water partition coefficient (Wildman–Crippen LogP) is 4.70. The number of carbonyl (C=O) groups excluding carboxylic acids is 1. The van der Waals surface area contributed by atoms with Crippen LogP contribution in [-0.2, 0) is 0 Å². The molecule has 1 amide bonds. The quantitative estimate of drug-likeness (QED) is 0.370. The number of hydrogen-bond donors (Lipinski definition) is 0. The summed E-state index contributed by atoms with van der Waals surface area (Å²) in [5.41, 5.74) is 2.23. The molecule has 0 bridgehead atoms. The summed E-state index contributed by atoms with van der Waals surface area (Å²) in [6.07, 6.45) is 0. The molecule has 6 rings (SSSR count). The molecule has 1 aliphatic heterocycles. The molecule has 0 atom stereocenters. The number of fused-ring (bicyclic) bond motifs is 3. The van der Waals surface area contributed by atoms with Crippen LogP contribution in [0.5, 0.6) is 0 Å². The molecule has 3 aromatic carbocycles. The van der Waals surface area contributed by atoms with Crippen LogP contribution in [0.15, 0.2) is 72.8 Å². The Bertz CT molecular complexity index is 1580. The van der Waals surface area contributed by atoms with Crippen LogP contribution in [-0.4, -0.2) is 56.6 Å². The maximum absolute atomic E-state index is 14.7. The van der Waals surface area contributed by atoms with Crippen LogP contribution >= 0.6 is 11.6 Å². The first-order chi connectivity index (χ1) is 17.1. The molecule has 0 saturated carbocycles. The minimum atomic E-state index is -0.379. The van der Waals surface area contributed by atoms with Gasteiger partial charge in [-0.2, -0.15) is 0 Å². The van der Waals surface area contributed by atoms with Crippen LogP contribution in [0.25, 0.3) is 27.9 Å². The van der Waals surface area contributed by atoms with Gasteiger partial charge in [0.05, 0.1) is 21.7 Å². The molecule has 7 nitrogen and oxygen atoms in total. The van der Waals surface area contributed by atoms with Crippen molar-refractivity contribution in [2.45, 2.75) is 0 Å². The van der Waals surface area contributed by atoms with Gasteiger partial charge in [-0.05, 0) is 36.4 Å². The highest BCUT2D eigenvalue weighted by atomic mass is 35.5. The van der Waals surface area contributed by atoms with E-state index >= 15 is 0 Å². The Hall–Kier alpha value is -4.04. The summed E-state index contributed by atoms with van der Waals surface area (Å²) in [6.45, 7) is 2.09. The Labute approximate surface area is 205 Å². The first kappa shape index (κ1) is 21.5. The standard InChI is InChI=1S/C26H20ClFN6O/c27-20-10-4-1-7-17(20)25(35)32-13-15-33(16-14-32)26-29-22-12-6-3-9-19(22)24-31-30-23(34(24)26)18-8-2-5-11-21(18)28/h1-12H,13-16H2. The van der Waals surface area contributed by atoms with Crippen LogP contribution in [0.4, 0.5) is 10.3 Å². The summed E-state index contributed by atoms with van der Waals surface area (Å²) in [7, 11) is 0. The van der Waals surface area contributed by atoms with E-state index in [2.05, 4.69) is 15.1 Å². The van der Waals surface area contributed by atoms with Gasteiger partial charge in [-0.3, -0.25) is 4.79 Å². The Morgan fingerprint density at radius 2 is 1.57 bits per heavy atom. The predicted molar refractivity (Wildman–Crippen MR) is 133 cm³/mol. The van der Waals surface area contributed by atoms with Crippen LogP contribution in [0, 0.1) is 5.82 Å². The monoisotopic (exact) mass is 486 g/mol. The lowest BCUT2D eigenvalue weighted by atomic mass is 10.1. The topological polar surface area (TPSA) is 66.6 Å². The van der Waals surface area contributed by atoms with Crippen LogP contribution in [0.1, 0.15) is 10.4 Å². The van der Waals surface area contributed by atoms with Crippen molar-refractivity contribution in [3.63, 3.8) is 0 Å². The van der Waals surface area contributed by atoms with E-state index in [1.165, 1.54) is 6.07 Å². The van der Waals surface area contributed by atoms with Crippen molar-refractivity contribution in [1.82, 2.24) is 24.5 Å². The highest BCUT2D eigenvalue weighted by molar-refractivity contribution is 6.33. The fourth-order valence-electron chi connectivity index (χ4n) is 4.51. The first-order valence-corrected chi connectivity index (χ1v) is 11.7. The van der Waals surface area contributed by atoms with Crippen molar-refractivity contribution in [2.24, 2.45) is 0 Å². The second-order valence-electron chi connectivity index (χ2n) is 8.35. The third-order valence-electron chi connectivity index (χ3n) is 6.30. The van der Waals surface area contributed by atoms with Crippen LogP contribution in [0.2, 0.25) is 5.02 Å². The molecule has 3 heterocycles. The number of rotatable bonds is 3. The van der Waals surface area contributed by atoms with Gasteiger partial charge in [-0.15, -0.1) is 10.2 Å². The smallest absolute Gasteiger partial charge is 0.255 e. The van der Waals surface area contributed by atoms with E-state index in [9.17, 15) is 9.18 Å². The number of piperazine rings is 1. The fourth-order valence-corrected chi connectivity index (χ4v) is 4.73. The number of anilines is 1. The summed E-state index contributed by atoms with van der Waals surface area (Å²) in [6, 6.07) is 21.3. The summed E-state index contributed by atoms with van der Waals surface area (Å²) in [5, 5.41) is 10.0. The van der Waals surface area contributed by atoms with Crippen LogP contribution in [0.3, 0.4) is 0 Å². The van der Waals surface area contributed by atoms with Crippen LogP contribution < -0.4 is 4.90 Å². The summed E-state index contributed by atoms with van der Waals surface area (Å²) in [4.78, 5) is 21.8. The lowest BCUT2D eigenvalue weighted by Crippen LogP contribution is -2.49. The van der Waals surface area contributed by atoms with Gasteiger partial charge in [0.1, 0.15) is 5.82 Å². The van der Waals surface area contributed by atoms with Crippen molar-refractivity contribution in [3.05, 3.63) is 89.2 Å². The zero-order valence-corrected chi connectivity index (χ0v) is 19.4. The highest BCUT2D eigenvalue weighted by Crippen LogP contribution is 2.30. The maximum Gasteiger partial charge on any atom is 0.255 e. The third-order valence-corrected chi connectivity index (χ3v) is 6.63. The summed E-state index contributed by atoms with van der Waals surface area (Å²) in [5.74, 6) is 0.534. The molecule has 2 aromatic heterocycles. The third kappa shape index (κ3) is 3.66. The fraction of sp³-hybridized carbons (Fsp3) is 0.154. The Morgan fingerprint density at radius 1 is 0.857 bits per heavy atom. The number of carbonyl (C=O) groups is 1. The van der Waals surface area contributed by atoms with Crippen molar-refractivity contribution in [2.75, 3.05) is 31.1 Å². The molecule has 0 N–H and O–H groups in total. The number of hydrogen-bond acceptors (Lipinski definition) is 5. The van der Waals surface area contributed by atoms with E-state index in [1.54, 1.807) is 47.4 Å². The van der Waals surface area contributed by atoms with Gasteiger partial charge < -0.3 is 9.80 Å². The van der Waals surface area contributed by atoms with Gasteiger partial charge >= 0.3 is 0 Å². The van der Waals surface area contributed by atoms with E-state index in [4.69, 9.17) is 16.6 Å². The lowest BCUT2D eigenvalue weighted by Gasteiger charge is -2.35. The first-order valence-electron chi connectivity index (χ1n) is 11.3.